The van der Waals surface area contributed by atoms with Crippen molar-refractivity contribution in [3.63, 3.8) is 0 Å². The molecule has 1 N–H and O–H groups in total. The number of amides is 1. The molecule has 0 atom stereocenters. The van der Waals surface area contributed by atoms with Crippen LogP contribution in [-0.4, -0.2) is 57.3 Å². The number of morpholine rings is 1. The number of aromatic nitrogens is 4. The first-order chi connectivity index (χ1) is 14.2. The van der Waals surface area contributed by atoms with Crippen molar-refractivity contribution in [3.8, 4) is 11.4 Å². The van der Waals surface area contributed by atoms with Gasteiger partial charge in [0, 0.05) is 30.9 Å². The molecule has 1 aliphatic rings. The van der Waals surface area contributed by atoms with Crippen LogP contribution >= 0.6 is 0 Å². The molecule has 0 bridgehead atoms. The minimum absolute atomic E-state index is 0.0838. The summed E-state index contributed by atoms with van der Waals surface area (Å²) in [5.74, 6) is -0.222. The van der Waals surface area contributed by atoms with Crippen molar-refractivity contribution in [1.82, 2.24) is 25.1 Å². The van der Waals surface area contributed by atoms with E-state index in [4.69, 9.17) is 4.74 Å². The van der Waals surface area contributed by atoms with Gasteiger partial charge in [0.05, 0.1) is 13.2 Å². The number of tetrazole rings is 1. The van der Waals surface area contributed by atoms with Crippen LogP contribution in [0.5, 0.6) is 0 Å². The first-order valence-corrected chi connectivity index (χ1v) is 9.38. The second kappa shape index (κ2) is 8.89. The summed E-state index contributed by atoms with van der Waals surface area (Å²) in [6, 6.07) is 13.6. The van der Waals surface area contributed by atoms with Crippen LogP contribution in [0.4, 0.5) is 10.1 Å². The molecule has 2 aromatic carbocycles. The highest BCUT2D eigenvalue weighted by molar-refractivity contribution is 5.90. The Morgan fingerprint density at radius 3 is 2.52 bits per heavy atom. The fraction of sp³-hybridized carbons (Fsp3) is 0.300. The number of nitrogens with one attached hydrogen (secondary N) is 1. The molecule has 1 amide bonds. The highest BCUT2D eigenvalue weighted by atomic mass is 19.1. The smallest absolute Gasteiger partial charge is 0.248 e. The molecule has 0 radical (unpaired) electrons. The lowest BCUT2D eigenvalue weighted by molar-refractivity contribution is -0.117. The van der Waals surface area contributed by atoms with Crippen LogP contribution in [0.25, 0.3) is 11.4 Å². The van der Waals surface area contributed by atoms with E-state index >= 15 is 0 Å². The van der Waals surface area contributed by atoms with E-state index in [2.05, 4.69) is 25.6 Å². The summed E-state index contributed by atoms with van der Waals surface area (Å²) in [4.78, 5) is 15.7. The van der Waals surface area contributed by atoms with Gasteiger partial charge in [0.2, 0.25) is 11.7 Å². The largest absolute Gasteiger partial charge is 0.379 e. The maximum absolute atomic E-state index is 12.9. The Balaban J connectivity index is 1.34. The third kappa shape index (κ3) is 5.21. The molecule has 1 aliphatic heterocycles. The average Bonchev–Trinajstić information content (AvgIpc) is 3.19. The molecule has 8 nitrogen and oxygen atoms in total. The monoisotopic (exact) mass is 396 g/mol. The van der Waals surface area contributed by atoms with E-state index in [0.29, 0.717) is 11.5 Å². The van der Waals surface area contributed by atoms with Crippen molar-refractivity contribution < 1.29 is 13.9 Å². The van der Waals surface area contributed by atoms with Crippen LogP contribution in [-0.2, 0) is 22.6 Å². The standard InChI is InChI=1S/C20H21FN6O2/c21-17-5-7-18(8-6-17)22-19(28)14-27-24-20(23-25-27)16-3-1-15(2-4-16)13-26-9-11-29-12-10-26/h1-8H,9-14H2,(H,22,28). The van der Waals surface area contributed by atoms with Crippen LogP contribution in [0.3, 0.4) is 0 Å². The van der Waals surface area contributed by atoms with E-state index in [1.807, 2.05) is 24.3 Å². The molecule has 1 fully saturated rings. The zero-order valence-corrected chi connectivity index (χ0v) is 15.8. The fourth-order valence-electron chi connectivity index (χ4n) is 3.06. The van der Waals surface area contributed by atoms with Crippen LogP contribution in [0.15, 0.2) is 48.5 Å². The zero-order valence-electron chi connectivity index (χ0n) is 15.8. The van der Waals surface area contributed by atoms with E-state index < -0.39 is 0 Å². The van der Waals surface area contributed by atoms with E-state index in [0.717, 1.165) is 38.4 Å². The van der Waals surface area contributed by atoms with Crippen molar-refractivity contribution in [3.05, 3.63) is 59.9 Å². The first-order valence-electron chi connectivity index (χ1n) is 9.38. The number of anilines is 1. The molecule has 0 saturated carbocycles. The minimum Gasteiger partial charge on any atom is -0.379 e. The molecular formula is C20H21FN6O2. The van der Waals surface area contributed by atoms with E-state index in [1.165, 1.54) is 34.6 Å². The summed E-state index contributed by atoms with van der Waals surface area (Å²) in [6.07, 6.45) is 0. The summed E-state index contributed by atoms with van der Waals surface area (Å²) in [5, 5.41) is 14.9. The maximum atomic E-state index is 12.9. The predicted molar refractivity (Wildman–Crippen MR) is 104 cm³/mol. The van der Waals surface area contributed by atoms with Crippen LogP contribution in [0.1, 0.15) is 5.56 Å². The first kappa shape index (κ1) is 19.2. The van der Waals surface area contributed by atoms with Gasteiger partial charge in [-0.2, -0.15) is 4.80 Å². The topological polar surface area (TPSA) is 85.2 Å². The second-order valence-corrected chi connectivity index (χ2v) is 6.78. The third-order valence-corrected chi connectivity index (χ3v) is 4.59. The number of benzene rings is 2. The van der Waals surface area contributed by atoms with Gasteiger partial charge < -0.3 is 10.1 Å². The normalized spacial score (nSPS) is 14.7. The molecule has 2 heterocycles. The van der Waals surface area contributed by atoms with Crippen molar-refractivity contribution in [2.45, 2.75) is 13.1 Å². The van der Waals surface area contributed by atoms with E-state index in [1.54, 1.807) is 0 Å². The Kier molecular flexibility index (Phi) is 5.87. The number of hydrogen-bond acceptors (Lipinski definition) is 6. The van der Waals surface area contributed by atoms with E-state index in [-0.39, 0.29) is 18.3 Å². The molecular weight excluding hydrogens is 375 g/mol. The molecule has 0 aliphatic carbocycles. The zero-order chi connectivity index (χ0) is 20.1. The third-order valence-electron chi connectivity index (χ3n) is 4.59. The van der Waals surface area contributed by atoms with Gasteiger partial charge in [-0.3, -0.25) is 9.69 Å². The SMILES string of the molecule is O=C(Cn1nnc(-c2ccc(CN3CCOCC3)cc2)n1)Nc1ccc(F)cc1. The van der Waals surface area contributed by atoms with Crippen molar-refractivity contribution in [1.29, 1.82) is 0 Å². The lowest BCUT2D eigenvalue weighted by Gasteiger charge is -2.26. The van der Waals surface area contributed by atoms with Gasteiger partial charge in [0.25, 0.3) is 0 Å². The lowest BCUT2D eigenvalue weighted by Crippen LogP contribution is -2.35. The molecule has 9 heteroatoms. The Hall–Kier alpha value is -3.17. The van der Waals surface area contributed by atoms with Gasteiger partial charge in [0.1, 0.15) is 12.4 Å². The van der Waals surface area contributed by atoms with Gasteiger partial charge in [0.15, 0.2) is 0 Å². The summed E-state index contributed by atoms with van der Waals surface area (Å²) in [5.41, 5.74) is 2.55. The summed E-state index contributed by atoms with van der Waals surface area (Å²) in [7, 11) is 0. The average molecular weight is 396 g/mol. The lowest BCUT2D eigenvalue weighted by atomic mass is 10.1. The molecule has 150 valence electrons. The number of ether oxygens (including phenoxy) is 1. The van der Waals surface area contributed by atoms with E-state index in [9.17, 15) is 9.18 Å². The van der Waals surface area contributed by atoms with Crippen molar-refractivity contribution in [2.24, 2.45) is 0 Å². The Bertz CT molecular complexity index is 952. The summed E-state index contributed by atoms with van der Waals surface area (Å²) < 4.78 is 18.3. The second-order valence-electron chi connectivity index (χ2n) is 6.78. The highest BCUT2D eigenvalue weighted by Crippen LogP contribution is 2.16. The highest BCUT2D eigenvalue weighted by Gasteiger charge is 2.12. The minimum atomic E-state index is -0.360. The number of nitrogens with zero attached hydrogens (tertiary/aromatic N) is 5. The summed E-state index contributed by atoms with van der Waals surface area (Å²) >= 11 is 0. The quantitative estimate of drug-likeness (QED) is 0.686. The number of carbonyl (C=O) groups is 1. The Labute approximate surface area is 167 Å². The molecule has 29 heavy (non-hydrogen) atoms. The maximum Gasteiger partial charge on any atom is 0.248 e. The Morgan fingerprint density at radius 2 is 1.79 bits per heavy atom. The van der Waals surface area contributed by atoms with Crippen LogP contribution in [0, 0.1) is 5.82 Å². The molecule has 0 unspecified atom stereocenters. The molecule has 3 aromatic rings. The predicted octanol–water partition coefficient (Wildman–Crippen LogP) is 1.95. The molecule has 1 aromatic heterocycles. The number of carbonyl (C=O) groups excluding carboxylic acids is 1. The van der Waals surface area contributed by atoms with Gasteiger partial charge in [-0.1, -0.05) is 24.3 Å². The molecule has 0 spiro atoms. The van der Waals surface area contributed by atoms with Crippen LogP contribution < -0.4 is 5.32 Å². The molecule has 1 saturated heterocycles. The van der Waals surface area contributed by atoms with Gasteiger partial charge >= 0.3 is 0 Å². The fourth-order valence-corrected chi connectivity index (χ4v) is 3.06. The Morgan fingerprint density at radius 1 is 1.07 bits per heavy atom. The number of halogens is 1. The van der Waals surface area contributed by atoms with Crippen molar-refractivity contribution in [2.75, 3.05) is 31.6 Å². The summed E-state index contributed by atoms with van der Waals surface area (Å²) in [6.45, 7) is 4.24. The van der Waals surface area contributed by atoms with Gasteiger partial charge in [-0.05, 0) is 35.0 Å². The van der Waals surface area contributed by atoms with Gasteiger partial charge in [-0.25, -0.2) is 4.39 Å². The van der Waals surface area contributed by atoms with Crippen LogP contribution in [0.2, 0.25) is 0 Å². The van der Waals surface area contributed by atoms with Crippen molar-refractivity contribution >= 4 is 11.6 Å². The number of hydrogen-bond donors (Lipinski definition) is 1. The van der Waals surface area contributed by atoms with Gasteiger partial charge in [-0.15, -0.1) is 10.2 Å². The number of rotatable bonds is 6. The molecule has 4 rings (SSSR count).